The monoisotopic (exact) mass is 427 g/mol. The van der Waals surface area contributed by atoms with Crippen LogP contribution in [0.25, 0.3) is 11.0 Å². The Balaban J connectivity index is 1.16. The first kappa shape index (κ1) is 19.7. The zero-order valence-electron chi connectivity index (χ0n) is 17.2. The molecule has 30 heavy (non-hydrogen) atoms. The fourth-order valence-electron chi connectivity index (χ4n) is 4.70. The van der Waals surface area contributed by atoms with Gasteiger partial charge in [-0.1, -0.05) is 5.16 Å². The van der Waals surface area contributed by atoms with Crippen molar-refractivity contribution in [1.29, 1.82) is 0 Å². The van der Waals surface area contributed by atoms with Crippen LogP contribution in [0.2, 0.25) is 0 Å². The molecule has 0 radical (unpaired) electrons. The lowest BCUT2D eigenvalue weighted by Crippen LogP contribution is -2.34. The molecule has 0 aliphatic carbocycles. The fraction of sp³-hybridized carbons (Fsp3) is 0.478. The van der Waals surface area contributed by atoms with E-state index in [9.17, 15) is 9.18 Å². The molecule has 2 aliphatic heterocycles. The second-order valence-corrected chi connectivity index (χ2v) is 9.65. The summed E-state index contributed by atoms with van der Waals surface area (Å²) in [6.07, 6.45) is 4.14. The van der Waals surface area contributed by atoms with E-state index in [-0.39, 0.29) is 11.7 Å². The van der Waals surface area contributed by atoms with Gasteiger partial charge in [-0.15, -0.1) is 11.3 Å². The summed E-state index contributed by atoms with van der Waals surface area (Å²) in [5.74, 6) is 0.257. The molecule has 1 fully saturated rings. The maximum absolute atomic E-state index is 13.4. The molecule has 4 heterocycles. The molecule has 0 spiro atoms. The van der Waals surface area contributed by atoms with Crippen molar-refractivity contribution in [2.45, 2.75) is 45.1 Å². The molecule has 0 saturated carbocycles. The Bertz CT molecular complexity index is 1070. The standard InChI is InChI=1S/C23H26FN3O2S/c1-15(28)27-11-6-17-12-19(30-22(17)14-27)7-10-26-8-4-16(5-9-26)23-20-3-2-18(24)13-21(20)29-25-23/h2-3,12-13,16H,4-11,14H2,1H3. The first-order valence-corrected chi connectivity index (χ1v) is 11.5. The molecule has 1 aromatic carbocycles. The Morgan fingerprint density at radius 1 is 1.27 bits per heavy atom. The highest BCUT2D eigenvalue weighted by Crippen LogP contribution is 2.33. The largest absolute Gasteiger partial charge is 0.356 e. The third kappa shape index (κ3) is 3.88. The van der Waals surface area contributed by atoms with E-state index in [1.165, 1.54) is 27.5 Å². The topological polar surface area (TPSA) is 49.6 Å². The minimum Gasteiger partial charge on any atom is -0.356 e. The van der Waals surface area contributed by atoms with Crippen molar-refractivity contribution in [3.05, 3.63) is 51.1 Å². The van der Waals surface area contributed by atoms with Crippen molar-refractivity contribution >= 4 is 28.2 Å². The van der Waals surface area contributed by atoms with E-state index >= 15 is 0 Å². The molecule has 5 rings (SSSR count). The van der Waals surface area contributed by atoms with E-state index in [0.717, 1.165) is 69.5 Å². The minimum atomic E-state index is -0.288. The number of benzene rings is 1. The first-order valence-electron chi connectivity index (χ1n) is 10.7. The molecular formula is C23H26FN3O2S. The number of hydrogen-bond donors (Lipinski definition) is 0. The molecule has 7 heteroatoms. The van der Waals surface area contributed by atoms with Crippen molar-refractivity contribution < 1.29 is 13.7 Å². The summed E-state index contributed by atoms with van der Waals surface area (Å²) in [4.78, 5) is 18.9. The lowest BCUT2D eigenvalue weighted by molar-refractivity contribution is -0.129. The Hall–Kier alpha value is -2.25. The third-order valence-corrected chi connectivity index (χ3v) is 7.71. The Kier molecular flexibility index (Phi) is 5.33. The number of rotatable bonds is 4. The number of carbonyl (C=O) groups excluding carboxylic acids is 1. The molecule has 0 unspecified atom stereocenters. The smallest absolute Gasteiger partial charge is 0.219 e. The van der Waals surface area contributed by atoms with Crippen molar-refractivity contribution in [2.24, 2.45) is 0 Å². The molecule has 3 aromatic rings. The van der Waals surface area contributed by atoms with Crippen LogP contribution in [0, 0.1) is 5.82 Å². The molecule has 0 bridgehead atoms. The van der Waals surface area contributed by atoms with E-state index in [2.05, 4.69) is 16.1 Å². The van der Waals surface area contributed by atoms with Crippen LogP contribution in [0.4, 0.5) is 4.39 Å². The predicted molar refractivity (Wildman–Crippen MR) is 115 cm³/mol. The maximum Gasteiger partial charge on any atom is 0.219 e. The van der Waals surface area contributed by atoms with Gasteiger partial charge in [0.1, 0.15) is 5.82 Å². The first-order chi connectivity index (χ1) is 14.6. The van der Waals surface area contributed by atoms with Gasteiger partial charge < -0.3 is 14.3 Å². The second-order valence-electron chi connectivity index (χ2n) is 8.43. The summed E-state index contributed by atoms with van der Waals surface area (Å²) in [5, 5.41) is 5.19. The summed E-state index contributed by atoms with van der Waals surface area (Å²) in [6.45, 7) is 6.43. The van der Waals surface area contributed by atoms with Gasteiger partial charge in [-0.3, -0.25) is 4.79 Å². The van der Waals surface area contributed by atoms with Gasteiger partial charge in [0, 0.05) is 47.1 Å². The van der Waals surface area contributed by atoms with E-state index in [4.69, 9.17) is 4.52 Å². The second kappa shape index (κ2) is 8.12. The number of carbonyl (C=O) groups is 1. The number of halogens is 1. The molecule has 1 amide bonds. The van der Waals surface area contributed by atoms with Crippen LogP contribution in [0.3, 0.4) is 0 Å². The van der Waals surface area contributed by atoms with Gasteiger partial charge in [-0.25, -0.2) is 4.39 Å². The zero-order chi connectivity index (χ0) is 20.7. The highest BCUT2D eigenvalue weighted by molar-refractivity contribution is 7.12. The van der Waals surface area contributed by atoms with Crippen LogP contribution >= 0.6 is 11.3 Å². The van der Waals surface area contributed by atoms with Crippen LogP contribution < -0.4 is 0 Å². The molecule has 0 N–H and O–H groups in total. The van der Waals surface area contributed by atoms with E-state index in [0.29, 0.717) is 11.5 Å². The zero-order valence-corrected chi connectivity index (χ0v) is 18.0. The average molecular weight is 428 g/mol. The van der Waals surface area contributed by atoms with Crippen molar-refractivity contribution in [3.63, 3.8) is 0 Å². The minimum absolute atomic E-state index is 0.170. The number of amides is 1. The summed E-state index contributed by atoms with van der Waals surface area (Å²) < 4.78 is 18.7. The van der Waals surface area contributed by atoms with Crippen molar-refractivity contribution in [1.82, 2.24) is 15.0 Å². The summed E-state index contributed by atoms with van der Waals surface area (Å²) >= 11 is 1.87. The van der Waals surface area contributed by atoms with E-state index in [1.807, 2.05) is 16.2 Å². The molecule has 158 valence electrons. The van der Waals surface area contributed by atoms with Gasteiger partial charge in [0.05, 0.1) is 12.2 Å². The number of aromatic nitrogens is 1. The molecule has 1 saturated heterocycles. The number of nitrogens with zero attached hydrogens (tertiary/aromatic N) is 3. The Morgan fingerprint density at radius 3 is 2.90 bits per heavy atom. The molecule has 0 atom stereocenters. The lowest BCUT2D eigenvalue weighted by atomic mass is 9.91. The lowest BCUT2D eigenvalue weighted by Gasteiger charge is -2.31. The highest BCUT2D eigenvalue weighted by atomic mass is 32.1. The van der Waals surface area contributed by atoms with Gasteiger partial charge in [-0.2, -0.15) is 0 Å². The highest BCUT2D eigenvalue weighted by Gasteiger charge is 2.26. The quantitative estimate of drug-likeness (QED) is 0.621. The summed E-state index contributed by atoms with van der Waals surface area (Å²) in [7, 11) is 0. The molecular weight excluding hydrogens is 401 g/mol. The van der Waals surface area contributed by atoms with Gasteiger partial charge in [-0.05, 0) is 62.5 Å². The molecule has 2 aliphatic rings. The predicted octanol–water partition coefficient (Wildman–Crippen LogP) is 4.36. The van der Waals surface area contributed by atoms with Gasteiger partial charge in [0.15, 0.2) is 5.58 Å². The summed E-state index contributed by atoms with van der Waals surface area (Å²) in [6, 6.07) is 7.03. The van der Waals surface area contributed by atoms with Crippen LogP contribution in [0.15, 0.2) is 28.8 Å². The SMILES string of the molecule is CC(=O)N1CCc2cc(CCN3CCC(c4noc5cc(F)ccc45)CC3)sc2C1. The fourth-order valence-corrected chi connectivity index (χ4v) is 5.92. The third-order valence-electron chi connectivity index (χ3n) is 6.49. The van der Waals surface area contributed by atoms with Crippen LogP contribution in [-0.4, -0.2) is 47.0 Å². The average Bonchev–Trinajstić information content (AvgIpc) is 3.35. The summed E-state index contributed by atoms with van der Waals surface area (Å²) in [5.41, 5.74) is 2.95. The van der Waals surface area contributed by atoms with Gasteiger partial charge in [0.25, 0.3) is 0 Å². The molecule has 2 aromatic heterocycles. The number of fused-ring (bicyclic) bond motifs is 2. The maximum atomic E-state index is 13.4. The van der Waals surface area contributed by atoms with Crippen molar-refractivity contribution in [3.8, 4) is 0 Å². The van der Waals surface area contributed by atoms with Crippen LogP contribution in [0.5, 0.6) is 0 Å². The Labute approximate surface area is 179 Å². The van der Waals surface area contributed by atoms with Crippen LogP contribution in [-0.2, 0) is 24.2 Å². The number of piperidine rings is 1. The normalized spacial score (nSPS) is 18.1. The van der Waals surface area contributed by atoms with Gasteiger partial charge in [0.2, 0.25) is 5.91 Å². The van der Waals surface area contributed by atoms with Gasteiger partial charge >= 0.3 is 0 Å². The van der Waals surface area contributed by atoms with E-state index in [1.54, 1.807) is 13.0 Å². The molecule has 5 nitrogen and oxygen atoms in total. The van der Waals surface area contributed by atoms with Crippen molar-refractivity contribution in [2.75, 3.05) is 26.2 Å². The number of likely N-dealkylation sites (tertiary alicyclic amines) is 1. The Morgan fingerprint density at radius 2 is 2.10 bits per heavy atom. The number of hydrogen-bond acceptors (Lipinski definition) is 5. The van der Waals surface area contributed by atoms with E-state index < -0.39 is 0 Å². The number of thiophene rings is 1. The van der Waals surface area contributed by atoms with Crippen LogP contribution in [0.1, 0.15) is 46.7 Å².